The molecule has 4 aromatic rings. The van der Waals surface area contributed by atoms with Crippen LogP contribution in [0.1, 0.15) is 34.8 Å². The van der Waals surface area contributed by atoms with E-state index in [1.807, 2.05) is 13.0 Å². The maximum Gasteiger partial charge on any atom is 0.296 e. The Hall–Kier alpha value is -4.31. The van der Waals surface area contributed by atoms with Crippen molar-refractivity contribution in [3.63, 3.8) is 0 Å². The predicted molar refractivity (Wildman–Crippen MR) is 138 cm³/mol. The lowest BCUT2D eigenvalue weighted by molar-refractivity contribution is -0.117. The molecule has 0 aliphatic carbocycles. The number of anilines is 1. The topological polar surface area (TPSA) is 111 Å². The van der Waals surface area contributed by atoms with Crippen molar-refractivity contribution in [3.8, 4) is 17.2 Å². The summed E-state index contributed by atoms with van der Waals surface area (Å²) in [5.74, 6) is 0.121. The molecule has 0 saturated heterocycles. The number of nitrogens with zero attached hydrogens (tertiary/aromatic N) is 2. The first-order chi connectivity index (χ1) is 17.9. The number of aliphatic hydroxyl groups is 1. The molecule has 3 heterocycles. The summed E-state index contributed by atoms with van der Waals surface area (Å²) >= 11 is 1.26. The van der Waals surface area contributed by atoms with E-state index >= 15 is 0 Å². The molecule has 2 aromatic carbocycles. The minimum Gasteiger partial charge on any atom is -0.503 e. The van der Waals surface area contributed by atoms with Crippen LogP contribution in [0.4, 0.5) is 5.13 Å². The number of hydrogen-bond donors (Lipinski definition) is 1. The number of methoxy groups -OCH3 is 2. The summed E-state index contributed by atoms with van der Waals surface area (Å²) in [6.07, 6.45) is 0. The third-order valence-corrected chi connectivity index (χ3v) is 7.02. The zero-order valence-corrected chi connectivity index (χ0v) is 21.4. The first kappa shape index (κ1) is 24.4. The zero-order chi connectivity index (χ0) is 26.3. The second-order valence-electron chi connectivity index (χ2n) is 8.25. The molecule has 0 radical (unpaired) electrons. The van der Waals surface area contributed by atoms with Gasteiger partial charge in [0.1, 0.15) is 11.5 Å². The van der Waals surface area contributed by atoms with Gasteiger partial charge in [0.05, 0.1) is 42.7 Å². The molecular formula is C27H24N2O7S. The van der Waals surface area contributed by atoms with Crippen molar-refractivity contribution in [2.75, 3.05) is 25.7 Å². The second-order valence-corrected chi connectivity index (χ2v) is 9.26. The van der Waals surface area contributed by atoms with Crippen LogP contribution in [0.3, 0.4) is 0 Å². The monoisotopic (exact) mass is 520 g/mol. The van der Waals surface area contributed by atoms with Gasteiger partial charge in [-0.05, 0) is 61.9 Å². The molecule has 190 valence electrons. The first-order valence-electron chi connectivity index (χ1n) is 11.5. The van der Waals surface area contributed by atoms with Crippen molar-refractivity contribution >= 4 is 38.4 Å². The van der Waals surface area contributed by atoms with E-state index in [9.17, 15) is 14.7 Å². The summed E-state index contributed by atoms with van der Waals surface area (Å²) in [6, 6.07) is 12.7. The molecule has 1 N–H and O–H groups in total. The molecule has 2 aromatic heterocycles. The van der Waals surface area contributed by atoms with E-state index in [0.29, 0.717) is 45.8 Å². The highest BCUT2D eigenvalue weighted by Crippen LogP contribution is 2.46. The SMILES string of the molecule is CCOc1ccc2nc(N3C(=O)C(O)=C(C(=O)c4ccc(C)o4)C3c3ccc(OC)c(OC)c3)sc2c1. The summed E-state index contributed by atoms with van der Waals surface area (Å²) in [4.78, 5) is 33.0. The van der Waals surface area contributed by atoms with Crippen molar-refractivity contribution in [2.45, 2.75) is 19.9 Å². The van der Waals surface area contributed by atoms with Crippen LogP contribution in [0, 0.1) is 6.92 Å². The summed E-state index contributed by atoms with van der Waals surface area (Å²) in [5, 5.41) is 11.3. The van der Waals surface area contributed by atoms with E-state index in [1.54, 1.807) is 43.3 Å². The quantitative estimate of drug-likeness (QED) is 0.308. The van der Waals surface area contributed by atoms with Crippen molar-refractivity contribution in [1.82, 2.24) is 4.98 Å². The number of fused-ring (bicyclic) bond motifs is 1. The number of thiazole rings is 1. The molecule has 37 heavy (non-hydrogen) atoms. The number of ether oxygens (including phenoxy) is 3. The molecule has 1 unspecified atom stereocenters. The van der Waals surface area contributed by atoms with Gasteiger partial charge in [-0.2, -0.15) is 0 Å². The molecule has 0 saturated carbocycles. The number of Topliss-reactive ketones (excluding diaryl/α,β-unsaturated/α-hetero) is 1. The Kier molecular flexibility index (Phi) is 6.34. The fourth-order valence-electron chi connectivity index (χ4n) is 4.31. The number of rotatable bonds is 8. The van der Waals surface area contributed by atoms with E-state index in [4.69, 9.17) is 18.6 Å². The van der Waals surface area contributed by atoms with Crippen LogP contribution in [-0.4, -0.2) is 42.6 Å². The van der Waals surface area contributed by atoms with E-state index < -0.39 is 23.5 Å². The minimum atomic E-state index is -0.989. The number of furan rings is 1. The summed E-state index contributed by atoms with van der Waals surface area (Å²) in [7, 11) is 3.01. The van der Waals surface area contributed by atoms with E-state index in [2.05, 4.69) is 4.98 Å². The Bertz CT molecular complexity index is 1550. The Balaban J connectivity index is 1.67. The molecule has 0 spiro atoms. The highest BCUT2D eigenvalue weighted by Gasteiger charge is 2.46. The molecule has 1 atom stereocenters. The fraction of sp³-hybridized carbons (Fsp3) is 0.222. The largest absolute Gasteiger partial charge is 0.503 e. The van der Waals surface area contributed by atoms with Gasteiger partial charge in [0.25, 0.3) is 5.91 Å². The van der Waals surface area contributed by atoms with Crippen molar-refractivity contribution in [3.05, 3.63) is 76.9 Å². The maximum atomic E-state index is 13.6. The molecule has 1 aliphatic rings. The van der Waals surface area contributed by atoms with Gasteiger partial charge < -0.3 is 23.7 Å². The van der Waals surface area contributed by atoms with Gasteiger partial charge >= 0.3 is 0 Å². The van der Waals surface area contributed by atoms with Crippen LogP contribution in [-0.2, 0) is 4.79 Å². The minimum absolute atomic E-state index is 0.0184. The number of ketones is 1. The summed E-state index contributed by atoms with van der Waals surface area (Å²) in [5.41, 5.74) is 1.07. The number of aromatic nitrogens is 1. The predicted octanol–water partition coefficient (Wildman–Crippen LogP) is 5.40. The number of carbonyl (C=O) groups is 2. The third-order valence-electron chi connectivity index (χ3n) is 6.01. The van der Waals surface area contributed by atoms with Crippen molar-refractivity contribution < 1.29 is 33.3 Å². The normalized spacial score (nSPS) is 15.5. The smallest absolute Gasteiger partial charge is 0.296 e. The van der Waals surface area contributed by atoms with Crippen molar-refractivity contribution in [1.29, 1.82) is 0 Å². The van der Waals surface area contributed by atoms with Gasteiger partial charge in [0.2, 0.25) is 5.78 Å². The number of amides is 1. The standard InChI is InChI=1S/C27H24N2O7S/c1-5-35-16-8-9-17-21(13-16)37-27(28-17)29-23(15-7-11-18(33-3)20(12-15)34-4)22(25(31)26(29)32)24(30)19-10-6-14(2)36-19/h6-13,23,31H,5H2,1-4H3. The van der Waals surface area contributed by atoms with E-state index in [0.717, 1.165) is 4.70 Å². The molecule has 10 heteroatoms. The second kappa shape index (κ2) is 9.62. The van der Waals surface area contributed by atoms with Gasteiger partial charge in [0.15, 0.2) is 28.1 Å². The number of carbonyl (C=O) groups excluding carboxylic acids is 2. The molecule has 0 fully saturated rings. The first-order valence-corrected chi connectivity index (χ1v) is 12.3. The van der Waals surface area contributed by atoms with Gasteiger partial charge in [-0.25, -0.2) is 4.98 Å². The number of aryl methyl sites for hydroxylation is 1. The van der Waals surface area contributed by atoms with Gasteiger partial charge in [-0.3, -0.25) is 14.5 Å². The average molecular weight is 521 g/mol. The number of hydrogen-bond acceptors (Lipinski definition) is 9. The Morgan fingerprint density at radius 2 is 1.89 bits per heavy atom. The lowest BCUT2D eigenvalue weighted by Crippen LogP contribution is -2.31. The van der Waals surface area contributed by atoms with Gasteiger partial charge in [0, 0.05) is 0 Å². The Morgan fingerprint density at radius 3 is 2.57 bits per heavy atom. The highest BCUT2D eigenvalue weighted by molar-refractivity contribution is 7.22. The lowest BCUT2D eigenvalue weighted by atomic mass is 9.95. The van der Waals surface area contributed by atoms with Crippen LogP contribution in [0.25, 0.3) is 10.2 Å². The lowest BCUT2D eigenvalue weighted by Gasteiger charge is -2.25. The molecular weight excluding hydrogens is 496 g/mol. The third kappa shape index (κ3) is 4.19. The van der Waals surface area contributed by atoms with Crippen LogP contribution < -0.4 is 19.1 Å². The Morgan fingerprint density at radius 1 is 1.11 bits per heavy atom. The van der Waals surface area contributed by atoms with Crippen LogP contribution >= 0.6 is 11.3 Å². The van der Waals surface area contributed by atoms with Crippen molar-refractivity contribution in [2.24, 2.45) is 0 Å². The van der Waals surface area contributed by atoms with Crippen LogP contribution in [0.5, 0.6) is 17.2 Å². The highest BCUT2D eigenvalue weighted by atomic mass is 32.1. The molecule has 1 amide bonds. The molecule has 1 aliphatic heterocycles. The van der Waals surface area contributed by atoms with E-state index in [-0.39, 0.29) is 11.3 Å². The maximum absolute atomic E-state index is 13.6. The average Bonchev–Trinajstić information content (AvgIpc) is 3.59. The van der Waals surface area contributed by atoms with Crippen LogP contribution in [0.2, 0.25) is 0 Å². The molecule has 9 nitrogen and oxygen atoms in total. The number of aliphatic hydroxyl groups excluding tert-OH is 1. The summed E-state index contributed by atoms with van der Waals surface area (Å²) < 4.78 is 22.7. The van der Waals surface area contributed by atoms with Gasteiger partial charge in [-0.15, -0.1) is 0 Å². The van der Waals surface area contributed by atoms with Gasteiger partial charge in [-0.1, -0.05) is 17.4 Å². The zero-order valence-electron chi connectivity index (χ0n) is 20.6. The molecule has 5 rings (SSSR count). The van der Waals surface area contributed by atoms with E-state index in [1.165, 1.54) is 36.5 Å². The Labute approximate surface area is 216 Å². The number of benzene rings is 2. The summed E-state index contributed by atoms with van der Waals surface area (Å²) in [6.45, 7) is 4.12. The molecule has 0 bridgehead atoms. The fourth-order valence-corrected chi connectivity index (χ4v) is 5.34. The van der Waals surface area contributed by atoms with Crippen LogP contribution in [0.15, 0.2) is 64.3 Å².